The molecule has 1 aromatic rings. The van der Waals surface area contributed by atoms with Crippen molar-refractivity contribution in [2.75, 3.05) is 12.4 Å². The van der Waals surface area contributed by atoms with Crippen LogP contribution in [0.4, 0.5) is 18.9 Å². The van der Waals surface area contributed by atoms with Crippen LogP contribution in [0.1, 0.15) is 36.5 Å². The first-order valence-corrected chi connectivity index (χ1v) is 6.47. The Balaban J connectivity index is 2.67. The van der Waals surface area contributed by atoms with Crippen molar-refractivity contribution >= 4 is 11.7 Å². The highest BCUT2D eigenvalue weighted by Gasteiger charge is 2.26. The van der Waals surface area contributed by atoms with Crippen molar-refractivity contribution in [2.45, 2.75) is 38.4 Å². The predicted molar refractivity (Wildman–Crippen MR) is 72.9 cm³/mol. The van der Waals surface area contributed by atoms with Gasteiger partial charge in [0.2, 0.25) is 0 Å². The number of anilines is 1. The lowest BCUT2D eigenvalue weighted by Crippen LogP contribution is -2.17. The van der Waals surface area contributed by atoms with E-state index in [9.17, 15) is 18.0 Å². The summed E-state index contributed by atoms with van der Waals surface area (Å²) in [5.74, 6) is -0.631. The van der Waals surface area contributed by atoms with Crippen LogP contribution in [0.2, 0.25) is 0 Å². The normalized spacial score (nSPS) is 12.8. The standard InChI is InChI=1S/C14H18F3NO3/c1-9(4-3-7-14(15,16)17)18-11-8-10(13(19)20)5-6-12(11)21-2/h5-6,8-9,18H,3-4,7H2,1-2H3,(H,19,20). The summed E-state index contributed by atoms with van der Waals surface area (Å²) in [7, 11) is 1.44. The zero-order chi connectivity index (χ0) is 16.0. The first kappa shape index (κ1) is 17.1. The number of carboxylic acid groups (broad SMARTS) is 1. The van der Waals surface area contributed by atoms with Crippen LogP contribution in [-0.4, -0.2) is 30.4 Å². The highest BCUT2D eigenvalue weighted by molar-refractivity contribution is 5.89. The van der Waals surface area contributed by atoms with Gasteiger partial charge in [0.25, 0.3) is 0 Å². The number of alkyl halides is 3. The maximum atomic E-state index is 12.1. The largest absolute Gasteiger partial charge is 0.495 e. The summed E-state index contributed by atoms with van der Waals surface area (Å²) >= 11 is 0. The van der Waals surface area contributed by atoms with E-state index in [0.717, 1.165) is 0 Å². The molecule has 7 heteroatoms. The van der Waals surface area contributed by atoms with Gasteiger partial charge in [0.1, 0.15) is 5.75 Å². The fourth-order valence-electron chi connectivity index (χ4n) is 1.90. The summed E-state index contributed by atoms with van der Waals surface area (Å²) < 4.78 is 41.4. The zero-order valence-corrected chi connectivity index (χ0v) is 11.8. The van der Waals surface area contributed by atoms with Crippen LogP contribution in [0, 0.1) is 0 Å². The lowest BCUT2D eigenvalue weighted by Gasteiger charge is -2.18. The Kier molecular flexibility index (Phi) is 5.87. The molecule has 1 rings (SSSR count). The van der Waals surface area contributed by atoms with Crippen LogP contribution < -0.4 is 10.1 Å². The molecule has 118 valence electrons. The van der Waals surface area contributed by atoms with Gasteiger partial charge < -0.3 is 15.2 Å². The number of nitrogens with one attached hydrogen (secondary N) is 1. The molecule has 1 aromatic carbocycles. The second-order valence-corrected chi connectivity index (χ2v) is 4.77. The Morgan fingerprint density at radius 2 is 2.10 bits per heavy atom. The number of halogens is 3. The summed E-state index contributed by atoms with van der Waals surface area (Å²) in [6.45, 7) is 1.74. The van der Waals surface area contributed by atoms with E-state index in [2.05, 4.69) is 5.32 Å². The van der Waals surface area contributed by atoms with Crippen molar-refractivity contribution in [1.29, 1.82) is 0 Å². The van der Waals surface area contributed by atoms with Gasteiger partial charge in [-0.25, -0.2) is 4.79 Å². The molecule has 1 atom stereocenters. The summed E-state index contributed by atoms with van der Waals surface area (Å²) in [5.41, 5.74) is 0.540. The molecule has 0 aromatic heterocycles. The van der Waals surface area contributed by atoms with Gasteiger partial charge in [-0.15, -0.1) is 0 Å². The molecular weight excluding hydrogens is 287 g/mol. The van der Waals surface area contributed by atoms with E-state index in [1.54, 1.807) is 6.92 Å². The quantitative estimate of drug-likeness (QED) is 0.801. The highest BCUT2D eigenvalue weighted by atomic mass is 19.4. The van der Waals surface area contributed by atoms with Gasteiger partial charge in [0, 0.05) is 12.5 Å². The predicted octanol–water partition coefficient (Wildman–Crippen LogP) is 3.93. The molecule has 0 amide bonds. The van der Waals surface area contributed by atoms with Crippen molar-refractivity contribution in [3.05, 3.63) is 23.8 Å². The summed E-state index contributed by atoms with van der Waals surface area (Å²) in [4.78, 5) is 10.9. The second-order valence-electron chi connectivity index (χ2n) is 4.77. The molecule has 0 aliphatic heterocycles. The van der Waals surface area contributed by atoms with Crippen molar-refractivity contribution in [3.8, 4) is 5.75 Å². The molecule has 0 saturated heterocycles. The lowest BCUT2D eigenvalue weighted by molar-refractivity contribution is -0.135. The van der Waals surface area contributed by atoms with E-state index in [4.69, 9.17) is 9.84 Å². The first-order valence-electron chi connectivity index (χ1n) is 6.47. The molecule has 0 aliphatic carbocycles. The number of ether oxygens (including phenoxy) is 1. The fourth-order valence-corrected chi connectivity index (χ4v) is 1.90. The Morgan fingerprint density at radius 3 is 2.62 bits per heavy atom. The van der Waals surface area contributed by atoms with Crippen molar-refractivity contribution < 1.29 is 27.8 Å². The lowest BCUT2D eigenvalue weighted by atomic mass is 10.1. The molecule has 0 bridgehead atoms. The molecular formula is C14H18F3NO3. The minimum atomic E-state index is -4.15. The third kappa shape index (κ3) is 5.93. The molecule has 21 heavy (non-hydrogen) atoms. The van der Waals surface area contributed by atoms with Gasteiger partial charge in [0.05, 0.1) is 18.4 Å². The van der Waals surface area contributed by atoms with Crippen LogP contribution in [0.5, 0.6) is 5.75 Å². The molecule has 0 aliphatic rings. The van der Waals surface area contributed by atoms with Crippen molar-refractivity contribution in [1.82, 2.24) is 0 Å². The van der Waals surface area contributed by atoms with E-state index < -0.39 is 18.6 Å². The topological polar surface area (TPSA) is 58.6 Å². The summed E-state index contributed by atoms with van der Waals surface area (Å²) in [6, 6.07) is 4.08. The van der Waals surface area contributed by atoms with E-state index >= 15 is 0 Å². The molecule has 2 N–H and O–H groups in total. The third-order valence-electron chi connectivity index (χ3n) is 2.95. The number of benzene rings is 1. The smallest absolute Gasteiger partial charge is 0.389 e. The SMILES string of the molecule is COc1ccc(C(=O)O)cc1NC(C)CCCC(F)(F)F. The molecule has 0 fully saturated rings. The molecule has 4 nitrogen and oxygen atoms in total. The van der Waals surface area contributed by atoms with E-state index in [1.165, 1.54) is 25.3 Å². The van der Waals surface area contributed by atoms with Gasteiger partial charge in [-0.05, 0) is 38.0 Å². The first-order chi connectivity index (χ1) is 9.73. The number of carboxylic acids is 1. The van der Waals surface area contributed by atoms with Gasteiger partial charge >= 0.3 is 12.1 Å². The maximum absolute atomic E-state index is 12.1. The summed E-state index contributed by atoms with van der Waals surface area (Å²) in [6.07, 6.45) is -4.65. The molecule has 1 unspecified atom stereocenters. The van der Waals surface area contributed by atoms with Crippen LogP contribution in [0.3, 0.4) is 0 Å². The Morgan fingerprint density at radius 1 is 1.43 bits per heavy atom. The van der Waals surface area contributed by atoms with E-state index in [1.807, 2.05) is 0 Å². The van der Waals surface area contributed by atoms with Gasteiger partial charge in [-0.3, -0.25) is 0 Å². The third-order valence-corrected chi connectivity index (χ3v) is 2.95. The highest BCUT2D eigenvalue weighted by Crippen LogP contribution is 2.28. The molecule has 0 spiro atoms. The minimum absolute atomic E-state index is 0.0125. The maximum Gasteiger partial charge on any atom is 0.389 e. The van der Waals surface area contributed by atoms with E-state index in [0.29, 0.717) is 17.9 Å². The minimum Gasteiger partial charge on any atom is -0.495 e. The Labute approximate surface area is 120 Å². The Bertz CT molecular complexity index is 489. The molecule has 0 heterocycles. The van der Waals surface area contributed by atoms with Gasteiger partial charge in [-0.2, -0.15) is 13.2 Å². The fraction of sp³-hybridized carbons (Fsp3) is 0.500. The van der Waals surface area contributed by atoms with Gasteiger partial charge in [-0.1, -0.05) is 0 Å². The molecule has 0 radical (unpaired) electrons. The monoisotopic (exact) mass is 305 g/mol. The van der Waals surface area contributed by atoms with Crippen LogP contribution in [0.25, 0.3) is 0 Å². The zero-order valence-electron chi connectivity index (χ0n) is 11.8. The van der Waals surface area contributed by atoms with Crippen molar-refractivity contribution in [2.24, 2.45) is 0 Å². The number of rotatable bonds is 7. The van der Waals surface area contributed by atoms with Gasteiger partial charge in [0.15, 0.2) is 0 Å². The number of methoxy groups -OCH3 is 1. The number of hydrogen-bond donors (Lipinski definition) is 2. The van der Waals surface area contributed by atoms with Crippen LogP contribution in [0.15, 0.2) is 18.2 Å². The van der Waals surface area contributed by atoms with Crippen molar-refractivity contribution in [3.63, 3.8) is 0 Å². The van der Waals surface area contributed by atoms with E-state index in [-0.39, 0.29) is 18.0 Å². The number of hydrogen-bond acceptors (Lipinski definition) is 3. The second kappa shape index (κ2) is 7.19. The molecule has 0 saturated carbocycles. The van der Waals surface area contributed by atoms with Crippen LogP contribution in [-0.2, 0) is 0 Å². The number of aromatic carboxylic acids is 1. The average molecular weight is 305 g/mol. The number of carbonyl (C=O) groups is 1. The average Bonchev–Trinajstić information content (AvgIpc) is 2.36. The Hall–Kier alpha value is -1.92. The van der Waals surface area contributed by atoms with Crippen LogP contribution >= 0.6 is 0 Å². The summed E-state index contributed by atoms with van der Waals surface area (Å²) in [5, 5.41) is 11.9.